The molecule has 0 aliphatic heterocycles. The number of rotatable bonds is 6. The maximum atomic E-state index is 4.85. The molecular formula is C41H31BiN4Si. The number of hydrogen-bond acceptors (Lipinski definition) is 3. The van der Waals surface area contributed by atoms with Crippen LogP contribution in [0.4, 0.5) is 0 Å². The molecule has 6 heteroatoms. The molecule has 6 aromatic carbocycles. The second-order valence-electron chi connectivity index (χ2n) is 11.9. The Labute approximate surface area is 290 Å². The molecule has 0 unspecified atom stereocenters. The third kappa shape index (κ3) is 5.04. The van der Waals surface area contributed by atoms with Gasteiger partial charge in [0.1, 0.15) is 0 Å². The Morgan fingerprint density at radius 3 is 1.68 bits per heavy atom. The summed E-state index contributed by atoms with van der Waals surface area (Å²) in [5.41, 5.74) is 5.78. The zero-order valence-corrected chi connectivity index (χ0v) is 30.6. The molecule has 0 aliphatic carbocycles. The number of hydrogen-bond donors (Lipinski definition) is 0. The molecule has 0 fully saturated rings. The number of fused-ring (bicyclic) bond motifs is 3. The average molecular weight is 817 g/mol. The van der Waals surface area contributed by atoms with E-state index in [1.54, 1.807) is 0 Å². The summed E-state index contributed by atoms with van der Waals surface area (Å²) in [6, 6.07) is 55.8. The van der Waals surface area contributed by atoms with Crippen molar-refractivity contribution in [3.63, 3.8) is 0 Å². The molecule has 0 N–H and O–H groups in total. The van der Waals surface area contributed by atoms with Gasteiger partial charge in [0.05, 0.1) is 0 Å². The van der Waals surface area contributed by atoms with Crippen LogP contribution in [0.15, 0.2) is 152 Å². The molecule has 8 rings (SSSR count). The molecule has 0 amide bonds. The fourth-order valence-electron chi connectivity index (χ4n) is 7.14. The van der Waals surface area contributed by atoms with E-state index in [-0.39, 0.29) is 0 Å². The molecule has 224 valence electrons. The molecule has 0 bridgehead atoms. The number of para-hydroxylation sites is 2. The molecule has 47 heavy (non-hydrogen) atoms. The van der Waals surface area contributed by atoms with Crippen LogP contribution < -0.4 is 24.3 Å². The molecule has 0 aliphatic rings. The van der Waals surface area contributed by atoms with Gasteiger partial charge >= 0.3 is 233 Å². The van der Waals surface area contributed by atoms with Gasteiger partial charge in [-0.15, -0.1) is 0 Å². The number of nitrogens with zero attached hydrogens (tertiary/aromatic N) is 4. The third-order valence-electron chi connectivity index (χ3n) is 9.18. The van der Waals surface area contributed by atoms with Gasteiger partial charge in [-0.05, 0) is 12.1 Å². The van der Waals surface area contributed by atoms with Crippen LogP contribution in [0, 0.1) is 13.8 Å². The summed E-state index contributed by atoms with van der Waals surface area (Å²) < 4.78 is 3.26. The van der Waals surface area contributed by atoms with E-state index in [4.69, 9.17) is 9.97 Å². The third-order valence-corrected chi connectivity index (χ3v) is 14.7. The predicted molar refractivity (Wildman–Crippen MR) is 198 cm³/mol. The van der Waals surface area contributed by atoms with Gasteiger partial charge in [-0.2, -0.15) is 0 Å². The molecule has 0 spiro atoms. The first-order valence-electron chi connectivity index (χ1n) is 15.8. The van der Waals surface area contributed by atoms with Gasteiger partial charge in [0.25, 0.3) is 0 Å². The van der Waals surface area contributed by atoms with Crippen LogP contribution in [0.3, 0.4) is 0 Å². The van der Waals surface area contributed by atoms with E-state index in [0.29, 0.717) is 0 Å². The van der Waals surface area contributed by atoms with Crippen LogP contribution in [-0.2, 0) is 0 Å². The molecule has 0 saturated heterocycles. The molecular weight excluding hydrogens is 786 g/mol. The molecule has 8 aromatic rings. The quantitative estimate of drug-likeness (QED) is 0.167. The van der Waals surface area contributed by atoms with Gasteiger partial charge in [0.15, 0.2) is 0 Å². The zero-order chi connectivity index (χ0) is 32.0. The van der Waals surface area contributed by atoms with Crippen molar-refractivity contribution in [1.29, 1.82) is 0 Å². The Kier molecular flexibility index (Phi) is 7.63. The van der Waals surface area contributed by atoms with Crippen LogP contribution in [0.2, 0.25) is 0 Å². The van der Waals surface area contributed by atoms with Gasteiger partial charge in [-0.1, -0.05) is 36.4 Å². The molecule has 0 atom stereocenters. The van der Waals surface area contributed by atoms with Crippen molar-refractivity contribution in [2.45, 2.75) is 13.8 Å². The molecule has 2 heterocycles. The van der Waals surface area contributed by atoms with Gasteiger partial charge in [0, 0.05) is 10.8 Å². The summed E-state index contributed by atoms with van der Waals surface area (Å²) in [4.78, 5) is 14.2. The monoisotopic (exact) mass is 816 g/mol. The van der Waals surface area contributed by atoms with Crippen molar-refractivity contribution in [3.05, 3.63) is 163 Å². The minimum absolute atomic E-state index is 0.748. The minimum atomic E-state index is -2.87. The van der Waals surface area contributed by atoms with Crippen molar-refractivity contribution in [3.8, 4) is 17.1 Å². The van der Waals surface area contributed by atoms with Crippen molar-refractivity contribution in [2.75, 3.05) is 0 Å². The van der Waals surface area contributed by atoms with Crippen LogP contribution >= 0.6 is 0 Å². The summed E-state index contributed by atoms with van der Waals surface area (Å²) in [6.45, 7) is 4.11. The second-order valence-corrected chi connectivity index (χ2v) is 17.3. The van der Waals surface area contributed by atoms with Crippen LogP contribution in [0.25, 0.3) is 38.9 Å². The first-order chi connectivity index (χ1) is 23.0. The van der Waals surface area contributed by atoms with E-state index in [1.165, 1.54) is 42.6 Å². The Balaban J connectivity index is 1.46. The van der Waals surface area contributed by atoms with Crippen molar-refractivity contribution < 1.29 is 0 Å². The Hall–Kier alpha value is -4.77. The fourth-order valence-corrected chi connectivity index (χ4v) is 12.9. The van der Waals surface area contributed by atoms with Crippen LogP contribution in [0.1, 0.15) is 11.4 Å². The Morgan fingerprint density at radius 2 is 1.06 bits per heavy atom. The van der Waals surface area contributed by atoms with E-state index in [0.717, 1.165) is 56.7 Å². The molecule has 2 radical (unpaired) electrons. The van der Waals surface area contributed by atoms with Crippen molar-refractivity contribution in [1.82, 2.24) is 19.5 Å². The predicted octanol–water partition coefficient (Wildman–Crippen LogP) is 5.42. The summed E-state index contributed by atoms with van der Waals surface area (Å²) in [6.07, 6.45) is 0. The van der Waals surface area contributed by atoms with E-state index in [1.807, 2.05) is 6.92 Å². The molecule has 2 aromatic heterocycles. The van der Waals surface area contributed by atoms with E-state index >= 15 is 0 Å². The Morgan fingerprint density at radius 1 is 0.511 bits per heavy atom. The standard InChI is InChI=1S/C41H31N4Si.Bi/c1-29-24-25-35(27-38(29)41-43-28-42-30(2)44-41)46(32-15-5-3-6-16-32,33-17-7-4-8-18-33)34-19-13-14-31(26-34)45-39-22-11-9-20-36(39)37-21-10-12-23-40(37)45;/h3-27H,1-2H3;. The number of aromatic nitrogens is 4. The molecule has 4 nitrogen and oxygen atoms in total. The number of benzene rings is 6. The van der Waals surface area contributed by atoms with E-state index < -0.39 is 8.07 Å². The van der Waals surface area contributed by atoms with Gasteiger partial charge < -0.3 is 0 Å². The second kappa shape index (κ2) is 12.1. The summed E-state index contributed by atoms with van der Waals surface area (Å²) in [7, 11) is -2.87. The average Bonchev–Trinajstić information content (AvgIpc) is 3.44. The van der Waals surface area contributed by atoms with Crippen LogP contribution in [-0.4, -0.2) is 52.3 Å². The van der Waals surface area contributed by atoms with Crippen molar-refractivity contribution >= 4 is 78.9 Å². The summed E-state index contributed by atoms with van der Waals surface area (Å²) in [5, 5.41) is 7.79. The SMILES string of the molecule is Cc1n[c]([Bi])nc(-c2cc([Si](c3ccccc3)(c3ccccc3)c3cccc(-n4c5ccccc5c5ccccc54)c3)ccc2C)n1. The molecule has 0 saturated carbocycles. The van der Waals surface area contributed by atoms with E-state index in [2.05, 4.69) is 168 Å². The zero-order valence-electron chi connectivity index (χ0n) is 26.2. The fraction of sp³-hybridized carbons (Fsp3) is 0.0488. The van der Waals surface area contributed by atoms with Crippen molar-refractivity contribution in [2.24, 2.45) is 0 Å². The van der Waals surface area contributed by atoms with E-state index in [9.17, 15) is 0 Å². The van der Waals surface area contributed by atoms with Gasteiger partial charge in [0.2, 0.25) is 0 Å². The van der Waals surface area contributed by atoms with Gasteiger partial charge in [-0.3, -0.25) is 0 Å². The maximum absolute atomic E-state index is 4.85. The topological polar surface area (TPSA) is 43.6 Å². The normalized spacial score (nSPS) is 11.7. The van der Waals surface area contributed by atoms with Crippen LogP contribution in [0.5, 0.6) is 0 Å². The summed E-state index contributed by atoms with van der Waals surface area (Å²) >= 11 is 1.00. The Bertz CT molecular complexity index is 2290. The summed E-state index contributed by atoms with van der Waals surface area (Å²) in [5.74, 6) is 1.50. The first-order valence-corrected chi connectivity index (χ1v) is 19.5. The first kappa shape index (κ1) is 29.6. The number of aryl methyl sites for hydroxylation is 2. The van der Waals surface area contributed by atoms with Gasteiger partial charge in [-0.25, -0.2) is 0 Å².